The van der Waals surface area contributed by atoms with Gasteiger partial charge in [0.1, 0.15) is 0 Å². The molecular weight excluding hydrogens is 422 g/mol. The molecule has 0 aliphatic heterocycles. The third-order valence-electron chi connectivity index (χ3n) is 5.59. The van der Waals surface area contributed by atoms with Crippen LogP contribution in [0.3, 0.4) is 0 Å². The second-order valence-electron chi connectivity index (χ2n) is 7.72. The van der Waals surface area contributed by atoms with E-state index in [0.717, 1.165) is 18.5 Å². The van der Waals surface area contributed by atoms with Gasteiger partial charge in [0.2, 0.25) is 0 Å². The molecule has 0 radical (unpaired) electrons. The van der Waals surface area contributed by atoms with E-state index in [-0.39, 0.29) is 24.2 Å². The molecule has 172 valence electrons. The molecule has 3 rings (SSSR count). The maximum Gasteiger partial charge on any atom is 0.337 e. The molecule has 0 bridgehead atoms. The molecule has 0 aliphatic rings. The van der Waals surface area contributed by atoms with Crippen molar-refractivity contribution >= 4 is 27.4 Å². The van der Waals surface area contributed by atoms with E-state index in [1.165, 1.54) is 22.1 Å². The van der Waals surface area contributed by atoms with Gasteiger partial charge >= 0.3 is 5.97 Å². The van der Waals surface area contributed by atoms with E-state index < -0.39 is 0 Å². The number of benzene rings is 2. The molecule has 0 fully saturated rings. The Morgan fingerprint density at radius 3 is 2.34 bits per heavy atom. The first-order chi connectivity index (χ1) is 15.5. The first kappa shape index (κ1) is 24.4. The van der Waals surface area contributed by atoms with Gasteiger partial charge in [0.25, 0.3) is 0 Å². The number of carbonyl (C=O) groups is 1. The van der Waals surface area contributed by atoms with Crippen LogP contribution in [0.1, 0.15) is 53.9 Å². The van der Waals surface area contributed by atoms with Crippen molar-refractivity contribution in [3.05, 3.63) is 70.6 Å². The van der Waals surface area contributed by atoms with Gasteiger partial charge in [-0.05, 0) is 56.0 Å². The summed E-state index contributed by atoms with van der Waals surface area (Å²) in [6.45, 7) is 8.15. The van der Waals surface area contributed by atoms with Crippen LogP contribution >= 0.6 is 11.3 Å². The number of methoxy groups -OCH3 is 1. The second kappa shape index (κ2) is 12.1. The van der Waals surface area contributed by atoms with E-state index in [4.69, 9.17) is 14.2 Å². The smallest absolute Gasteiger partial charge is 0.337 e. The van der Waals surface area contributed by atoms with Crippen LogP contribution in [0.15, 0.2) is 54.6 Å². The summed E-state index contributed by atoms with van der Waals surface area (Å²) in [6, 6.07) is 18.5. The second-order valence-corrected chi connectivity index (χ2v) is 8.88. The number of esters is 1. The van der Waals surface area contributed by atoms with Crippen molar-refractivity contribution in [3.63, 3.8) is 0 Å². The van der Waals surface area contributed by atoms with Crippen LogP contribution in [0.4, 0.5) is 0 Å². The summed E-state index contributed by atoms with van der Waals surface area (Å²) in [6.07, 6.45) is 0.448. The molecule has 1 N–H and O–H groups in total. The molecule has 1 heterocycles. The number of thiophene rings is 1. The predicted molar refractivity (Wildman–Crippen MR) is 130 cm³/mol. The average Bonchev–Trinajstić information content (AvgIpc) is 3.24. The third-order valence-corrected chi connectivity index (χ3v) is 6.71. The highest BCUT2D eigenvalue weighted by molar-refractivity contribution is 7.19. The lowest BCUT2D eigenvalue weighted by molar-refractivity contribution is -0.143. The van der Waals surface area contributed by atoms with Crippen LogP contribution in [-0.2, 0) is 20.8 Å². The van der Waals surface area contributed by atoms with Crippen LogP contribution in [0.25, 0.3) is 10.1 Å². The first-order valence-electron chi connectivity index (χ1n) is 11.2. The van der Waals surface area contributed by atoms with E-state index in [1.54, 1.807) is 0 Å². The van der Waals surface area contributed by atoms with Gasteiger partial charge in [-0.1, -0.05) is 30.3 Å². The lowest BCUT2D eigenvalue weighted by Crippen LogP contribution is -2.34. The lowest BCUT2D eigenvalue weighted by atomic mass is 9.88. The molecule has 0 saturated heterocycles. The monoisotopic (exact) mass is 455 g/mol. The number of ether oxygens (including phenoxy) is 3. The minimum atomic E-state index is -0.328. The van der Waals surface area contributed by atoms with E-state index in [1.807, 2.05) is 49.4 Å². The summed E-state index contributed by atoms with van der Waals surface area (Å²) >= 11 is 1.82. The Bertz CT molecular complexity index is 946. The van der Waals surface area contributed by atoms with Crippen LogP contribution in [0, 0.1) is 0 Å². The maximum atomic E-state index is 11.8. The Morgan fingerprint density at radius 1 is 1.03 bits per heavy atom. The van der Waals surface area contributed by atoms with Crippen LogP contribution in [0.2, 0.25) is 0 Å². The van der Waals surface area contributed by atoms with Gasteiger partial charge in [0, 0.05) is 47.7 Å². The average molecular weight is 456 g/mol. The van der Waals surface area contributed by atoms with Crippen LogP contribution in [-0.4, -0.2) is 38.6 Å². The molecule has 2 unspecified atom stereocenters. The van der Waals surface area contributed by atoms with Gasteiger partial charge in [0.05, 0.1) is 12.7 Å². The number of nitrogens with one attached hydrogen (secondary N) is 1. The van der Waals surface area contributed by atoms with Crippen molar-refractivity contribution < 1.29 is 19.0 Å². The summed E-state index contributed by atoms with van der Waals surface area (Å²) in [7, 11) is 1.40. The van der Waals surface area contributed by atoms with E-state index >= 15 is 0 Å². The largest absolute Gasteiger partial charge is 0.465 e. The predicted octanol–water partition coefficient (Wildman–Crippen LogP) is 5.74. The zero-order valence-electron chi connectivity index (χ0n) is 19.3. The van der Waals surface area contributed by atoms with E-state index in [2.05, 4.69) is 42.6 Å². The highest BCUT2D eigenvalue weighted by Crippen LogP contribution is 2.29. The number of carbonyl (C=O) groups excluding carboxylic acids is 1. The molecule has 5 nitrogen and oxygen atoms in total. The van der Waals surface area contributed by atoms with Gasteiger partial charge in [-0.3, -0.25) is 0 Å². The molecule has 2 atom stereocenters. The highest BCUT2D eigenvalue weighted by atomic mass is 32.1. The summed E-state index contributed by atoms with van der Waals surface area (Å²) in [5, 5.41) is 4.99. The Hall–Kier alpha value is -2.25. The minimum Gasteiger partial charge on any atom is -0.465 e. The van der Waals surface area contributed by atoms with Gasteiger partial charge in [0.15, 0.2) is 6.29 Å². The quantitative estimate of drug-likeness (QED) is 0.279. The molecule has 3 aromatic rings. The molecule has 2 aromatic carbocycles. The van der Waals surface area contributed by atoms with Crippen molar-refractivity contribution in [1.29, 1.82) is 0 Å². The lowest BCUT2D eigenvalue weighted by Gasteiger charge is -2.29. The van der Waals surface area contributed by atoms with Gasteiger partial charge in [-0.25, -0.2) is 4.79 Å². The first-order valence-corrected chi connectivity index (χ1v) is 12.0. The molecule has 0 spiro atoms. The number of fused-ring (bicyclic) bond motifs is 1. The molecule has 0 aliphatic carbocycles. The SMILES string of the molecule is CCOC(CC(c1ccc(C(=O)OC)cc1)C(C)NCc1cc2ccccc2s1)OCC. The maximum absolute atomic E-state index is 11.8. The molecule has 6 heteroatoms. The summed E-state index contributed by atoms with van der Waals surface area (Å²) in [4.78, 5) is 13.1. The van der Waals surface area contributed by atoms with Gasteiger partial charge < -0.3 is 19.5 Å². The topological polar surface area (TPSA) is 56.8 Å². The van der Waals surface area contributed by atoms with E-state index in [0.29, 0.717) is 18.8 Å². The van der Waals surface area contributed by atoms with Gasteiger partial charge in [-0.2, -0.15) is 0 Å². The van der Waals surface area contributed by atoms with Crippen LogP contribution < -0.4 is 5.32 Å². The van der Waals surface area contributed by atoms with Gasteiger partial charge in [-0.15, -0.1) is 11.3 Å². The zero-order chi connectivity index (χ0) is 22.9. The summed E-state index contributed by atoms with van der Waals surface area (Å²) in [5.41, 5.74) is 1.69. The number of hydrogen-bond donors (Lipinski definition) is 1. The van der Waals surface area contributed by atoms with Crippen LogP contribution in [0.5, 0.6) is 0 Å². The Morgan fingerprint density at radius 2 is 1.72 bits per heavy atom. The summed E-state index contributed by atoms with van der Waals surface area (Å²) < 4.78 is 17.8. The highest BCUT2D eigenvalue weighted by Gasteiger charge is 2.25. The van der Waals surface area contributed by atoms with Crippen molar-refractivity contribution in [2.45, 2.75) is 52.0 Å². The normalized spacial score (nSPS) is 13.4. The van der Waals surface area contributed by atoms with E-state index in [9.17, 15) is 4.79 Å². The minimum absolute atomic E-state index is 0.152. The summed E-state index contributed by atoms with van der Waals surface area (Å²) in [5.74, 6) is -0.176. The fraction of sp³-hybridized carbons (Fsp3) is 0.423. The molecule has 0 amide bonds. The Labute approximate surface area is 194 Å². The third kappa shape index (κ3) is 6.39. The fourth-order valence-corrected chi connectivity index (χ4v) is 4.92. The molecule has 32 heavy (non-hydrogen) atoms. The standard InChI is InChI=1S/C26H33NO4S/c1-5-30-25(31-6-2)16-23(19-11-13-20(14-12-19)26(28)29-4)18(3)27-17-22-15-21-9-7-8-10-24(21)32-22/h7-15,18,23,25,27H,5-6,16-17H2,1-4H3. The number of hydrogen-bond acceptors (Lipinski definition) is 6. The number of rotatable bonds is 12. The molecular formula is C26H33NO4S. The molecule has 0 saturated carbocycles. The van der Waals surface area contributed by atoms with Crippen molar-refractivity contribution in [3.8, 4) is 0 Å². The Balaban J connectivity index is 1.77. The van der Waals surface area contributed by atoms with Crippen molar-refractivity contribution in [2.75, 3.05) is 20.3 Å². The fourth-order valence-electron chi connectivity index (χ4n) is 3.90. The zero-order valence-corrected chi connectivity index (χ0v) is 20.1. The van der Waals surface area contributed by atoms with Crippen molar-refractivity contribution in [2.24, 2.45) is 0 Å². The molecule has 1 aromatic heterocycles. The Kier molecular flexibility index (Phi) is 9.23. The van der Waals surface area contributed by atoms with Crippen molar-refractivity contribution in [1.82, 2.24) is 5.32 Å².